The highest BCUT2D eigenvalue weighted by molar-refractivity contribution is 5.95. The molecule has 0 rings (SSSR count). The van der Waals surface area contributed by atoms with Crippen molar-refractivity contribution in [2.75, 3.05) is 14.2 Å². The topological polar surface area (TPSA) is 85.4 Å². The summed E-state index contributed by atoms with van der Waals surface area (Å²) in [5, 5.41) is 0.923. The van der Waals surface area contributed by atoms with Gasteiger partial charge in [0.1, 0.15) is 17.2 Å². The van der Waals surface area contributed by atoms with Crippen LogP contribution in [0.4, 0.5) is 9.59 Å². The third kappa shape index (κ3) is 7.32. The summed E-state index contributed by atoms with van der Waals surface area (Å²) in [6.45, 7) is 11.3. The Morgan fingerprint density at radius 3 is 1.48 bits per heavy atom. The fourth-order valence-corrected chi connectivity index (χ4v) is 1.48. The van der Waals surface area contributed by atoms with E-state index in [2.05, 4.69) is 0 Å². The van der Waals surface area contributed by atoms with Crippen molar-refractivity contribution in [1.29, 1.82) is 0 Å². The van der Waals surface area contributed by atoms with Crippen molar-refractivity contribution in [2.45, 2.75) is 65.7 Å². The van der Waals surface area contributed by atoms with Gasteiger partial charge in [0.2, 0.25) is 0 Å². The van der Waals surface area contributed by atoms with Crippen molar-refractivity contribution in [1.82, 2.24) is 9.96 Å². The molecule has 0 N–H and O–H groups in total. The van der Waals surface area contributed by atoms with Crippen molar-refractivity contribution in [3.63, 3.8) is 0 Å². The molecule has 3 amide bonds. The third-order valence-corrected chi connectivity index (χ3v) is 2.51. The molecule has 1 atom stereocenters. The van der Waals surface area contributed by atoms with Gasteiger partial charge in [0.25, 0.3) is 5.91 Å². The van der Waals surface area contributed by atoms with Crippen molar-refractivity contribution in [3.8, 4) is 0 Å². The van der Waals surface area contributed by atoms with E-state index in [9.17, 15) is 14.4 Å². The second-order valence-corrected chi connectivity index (χ2v) is 7.02. The minimum absolute atomic E-state index is 0.593. The van der Waals surface area contributed by atoms with Crippen molar-refractivity contribution in [2.24, 2.45) is 0 Å². The monoisotopic (exact) mass is 332 g/mol. The van der Waals surface area contributed by atoms with Gasteiger partial charge in [0.05, 0.1) is 7.11 Å². The maximum atomic E-state index is 12.3. The molecule has 0 saturated carbocycles. The number of hydrogen-bond donors (Lipinski definition) is 0. The summed E-state index contributed by atoms with van der Waals surface area (Å²) in [6, 6.07) is -1.15. The standard InChI is InChI=1S/C15H28N2O6/c1-10(11(18)16(8)21-9)17(12(19)22-14(2,3)4)13(20)23-15(5,6)7/h10H,1-9H3. The molecular weight excluding hydrogens is 304 g/mol. The predicted molar refractivity (Wildman–Crippen MR) is 83.5 cm³/mol. The van der Waals surface area contributed by atoms with Gasteiger partial charge in [-0.3, -0.25) is 9.63 Å². The lowest BCUT2D eigenvalue weighted by molar-refractivity contribution is -0.173. The minimum Gasteiger partial charge on any atom is -0.443 e. The maximum Gasteiger partial charge on any atom is 0.420 e. The average Bonchev–Trinajstić information content (AvgIpc) is 2.32. The first-order valence-electron chi connectivity index (χ1n) is 7.26. The van der Waals surface area contributed by atoms with Crippen LogP contribution in [0.1, 0.15) is 48.5 Å². The summed E-state index contributed by atoms with van der Waals surface area (Å²) in [7, 11) is 2.68. The molecule has 0 aromatic heterocycles. The van der Waals surface area contributed by atoms with Crippen LogP contribution in [0.5, 0.6) is 0 Å². The van der Waals surface area contributed by atoms with Crippen molar-refractivity contribution < 1.29 is 28.7 Å². The zero-order valence-corrected chi connectivity index (χ0v) is 15.4. The first-order valence-corrected chi connectivity index (χ1v) is 7.26. The summed E-state index contributed by atoms with van der Waals surface area (Å²) in [5.74, 6) is -0.593. The van der Waals surface area contributed by atoms with Gasteiger partial charge >= 0.3 is 12.2 Å². The van der Waals surface area contributed by atoms with E-state index in [0.717, 1.165) is 5.06 Å². The fraction of sp³-hybridized carbons (Fsp3) is 0.800. The summed E-state index contributed by atoms with van der Waals surface area (Å²) in [4.78, 5) is 42.3. The van der Waals surface area contributed by atoms with Gasteiger partial charge < -0.3 is 9.47 Å². The van der Waals surface area contributed by atoms with Crippen LogP contribution in [0.3, 0.4) is 0 Å². The number of hydroxylamine groups is 2. The van der Waals surface area contributed by atoms with Gasteiger partial charge in [-0.25, -0.2) is 14.7 Å². The number of rotatable bonds is 3. The highest BCUT2D eigenvalue weighted by Crippen LogP contribution is 2.17. The Bertz CT molecular complexity index is 422. The van der Waals surface area contributed by atoms with Crippen LogP contribution >= 0.6 is 0 Å². The van der Waals surface area contributed by atoms with Gasteiger partial charge in [-0.1, -0.05) is 0 Å². The van der Waals surface area contributed by atoms with Gasteiger partial charge in [0.15, 0.2) is 0 Å². The molecule has 0 aliphatic rings. The summed E-state index contributed by atoms with van der Waals surface area (Å²) < 4.78 is 10.4. The van der Waals surface area contributed by atoms with E-state index in [-0.39, 0.29) is 0 Å². The predicted octanol–water partition coefficient (Wildman–Crippen LogP) is 2.57. The van der Waals surface area contributed by atoms with Gasteiger partial charge in [0, 0.05) is 7.05 Å². The number of nitrogens with zero attached hydrogens (tertiary/aromatic N) is 2. The number of amides is 3. The molecule has 0 bridgehead atoms. The second-order valence-electron chi connectivity index (χ2n) is 7.02. The summed E-state index contributed by atoms with van der Waals surface area (Å²) in [5.41, 5.74) is -1.65. The quantitative estimate of drug-likeness (QED) is 0.738. The largest absolute Gasteiger partial charge is 0.443 e. The molecule has 0 aromatic carbocycles. The molecule has 8 nitrogen and oxygen atoms in total. The number of ether oxygens (including phenoxy) is 2. The van der Waals surface area contributed by atoms with Crippen LogP contribution in [0.2, 0.25) is 0 Å². The second kappa shape index (κ2) is 7.63. The summed E-state index contributed by atoms with van der Waals surface area (Å²) >= 11 is 0. The van der Waals surface area contributed by atoms with E-state index in [1.165, 1.54) is 21.1 Å². The van der Waals surface area contributed by atoms with Crippen molar-refractivity contribution in [3.05, 3.63) is 0 Å². The Balaban J connectivity index is 5.49. The highest BCUT2D eigenvalue weighted by Gasteiger charge is 2.38. The number of carbonyl (C=O) groups excluding carboxylic acids is 3. The molecule has 0 radical (unpaired) electrons. The Morgan fingerprint density at radius 1 is 0.870 bits per heavy atom. The van der Waals surface area contributed by atoms with E-state index in [0.29, 0.717) is 4.90 Å². The van der Waals surface area contributed by atoms with Crippen molar-refractivity contribution >= 4 is 18.1 Å². The number of likely N-dealkylation sites (N-methyl/N-ethyl adjacent to an activating group) is 1. The Kier molecular flexibility index (Phi) is 7.02. The van der Waals surface area contributed by atoms with Gasteiger partial charge in [-0.15, -0.1) is 0 Å². The smallest absolute Gasteiger partial charge is 0.420 e. The first-order chi connectivity index (χ1) is 10.2. The lowest BCUT2D eigenvalue weighted by atomic mass is 10.2. The molecule has 0 heterocycles. The lowest BCUT2D eigenvalue weighted by Gasteiger charge is -2.32. The van der Waals surface area contributed by atoms with E-state index in [4.69, 9.17) is 14.3 Å². The Labute approximate surface area is 137 Å². The zero-order valence-electron chi connectivity index (χ0n) is 15.4. The van der Waals surface area contributed by atoms with Crippen LogP contribution < -0.4 is 0 Å². The van der Waals surface area contributed by atoms with Crippen LogP contribution in [0.25, 0.3) is 0 Å². The molecule has 134 valence electrons. The van der Waals surface area contributed by atoms with Gasteiger partial charge in [-0.05, 0) is 48.5 Å². The Morgan fingerprint density at radius 2 is 1.22 bits per heavy atom. The molecular formula is C15H28N2O6. The molecule has 23 heavy (non-hydrogen) atoms. The van der Waals surface area contributed by atoms with E-state index < -0.39 is 35.3 Å². The molecule has 0 aliphatic heterocycles. The molecule has 8 heteroatoms. The fourth-order valence-electron chi connectivity index (χ4n) is 1.48. The molecule has 1 unspecified atom stereocenters. The van der Waals surface area contributed by atoms with Gasteiger partial charge in [-0.2, -0.15) is 4.90 Å². The SMILES string of the molecule is CON(C)C(=O)C(C)N(C(=O)OC(C)(C)C)C(=O)OC(C)(C)C. The van der Waals surface area contributed by atoms with Crippen LogP contribution in [0.15, 0.2) is 0 Å². The number of carbonyl (C=O) groups is 3. The average molecular weight is 332 g/mol. The van der Waals surface area contributed by atoms with Crippen LogP contribution in [-0.4, -0.2) is 59.5 Å². The summed E-state index contributed by atoms with van der Waals surface area (Å²) in [6.07, 6.45) is -1.92. The van der Waals surface area contributed by atoms with Crippen LogP contribution in [-0.2, 0) is 19.1 Å². The maximum absolute atomic E-state index is 12.3. The van der Waals surface area contributed by atoms with Crippen LogP contribution in [0, 0.1) is 0 Å². The Hall–Kier alpha value is -1.83. The molecule has 0 aliphatic carbocycles. The molecule has 0 fully saturated rings. The molecule has 0 spiro atoms. The molecule has 0 saturated heterocycles. The van der Waals surface area contributed by atoms with E-state index >= 15 is 0 Å². The first kappa shape index (κ1) is 21.2. The highest BCUT2D eigenvalue weighted by atomic mass is 16.7. The minimum atomic E-state index is -1.15. The van der Waals surface area contributed by atoms with E-state index in [1.54, 1.807) is 41.5 Å². The van der Waals surface area contributed by atoms with E-state index in [1.807, 2.05) is 0 Å². The zero-order chi connectivity index (χ0) is 18.6. The third-order valence-electron chi connectivity index (χ3n) is 2.51. The number of hydrogen-bond acceptors (Lipinski definition) is 6. The number of imide groups is 1. The lowest BCUT2D eigenvalue weighted by Crippen LogP contribution is -2.53. The normalized spacial score (nSPS) is 13.1. The molecule has 0 aromatic rings.